The molecule has 191 valence electrons. The molecule has 0 aromatic carbocycles. The first-order valence-corrected chi connectivity index (χ1v) is 15.9. The second-order valence-electron chi connectivity index (χ2n) is 10.2. The molecule has 2 aromatic rings. The van der Waals surface area contributed by atoms with Gasteiger partial charge in [0.15, 0.2) is 17.0 Å². The highest BCUT2D eigenvalue weighted by Crippen LogP contribution is 2.43. The van der Waals surface area contributed by atoms with Crippen LogP contribution < -0.4 is 0 Å². The van der Waals surface area contributed by atoms with E-state index in [9.17, 15) is 10.2 Å². The lowest BCUT2D eigenvalue weighted by molar-refractivity contribution is -0.0512. The van der Waals surface area contributed by atoms with Gasteiger partial charge in [-0.2, -0.15) is 0 Å². The van der Waals surface area contributed by atoms with Crippen molar-refractivity contribution in [3.8, 4) is 0 Å². The lowest BCUT2D eigenvalue weighted by Crippen LogP contribution is -2.57. The van der Waals surface area contributed by atoms with E-state index in [1.54, 1.807) is 4.57 Å². The molecule has 0 saturated carbocycles. The Hall–Kier alpha value is -0.926. The van der Waals surface area contributed by atoms with Crippen molar-refractivity contribution in [2.24, 2.45) is 0 Å². The Kier molecular flexibility index (Phi) is 8.94. The van der Waals surface area contributed by atoms with Gasteiger partial charge in [0.1, 0.15) is 30.2 Å². The molecule has 2 unspecified atom stereocenters. The average molecular weight is 530 g/mol. The highest BCUT2D eigenvalue weighted by molar-refractivity contribution is 6.78. The zero-order valence-electron chi connectivity index (χ0n) is 21.3. The molecule has 4 atom stereocenters. The van der Waals surface area contributed by atoms with Gasteiger partial charge in [-0.15, -0.1) is 0 Å². The summed E-state index contributed by atoms with van der Waals surface area (Å²) in [5.74, 6) is 0. The summed E-state index contributed by atoms with van der Waals surface area (Å²) >= 11 is 6.15. The van der Waals surface area contributed by atoms with Crippen molar-refractivity contribution in [3.63, 3.8) is 0 Å². The van der Waals surface area contributed by atoms with Crippen LogP contribution in [0.4, 0.5) is 0 Å². The van der Waals surface area contributed by atoms with Gasteiger partial charge in [-0.25, -0.2) is 15.0 Å². The number of halogens is 1. The van der Waals surface area contributed by atoms with Gasteiger partial charge in [0.25, 0.3) is 0 Å². The molecular weight excluding hydrogens is 492 g/mol. The molecule has 0 spiro atoms. The molecule has 2 aromatic heterocycles. The quantitative estimate of drug-likeness (QED) is 0.348. The van der Waals surface area contributed by atoms with E-state index < -0.39 is 42.1 Å². The van der Waals surface area contributed by atoms with Crippen molar-refractivity contribution in [3.05, 3.63) is 17.8 Å². The predicted molar refractivity (Wildman–Crippen MR) is 135 cm³/mol. The van der Waals surface area contributed by atoms with Gasteiger partial charge in [-0.3, -0.25) is 4.57 Å². The zero-order chi connectivity index (χ0) is 25.4. The summed E-state index contributed by atoms with van der Waals surface area (Å²) in [6, 6.07) is 0. The van der Waals surface area contributed by atoms with Crippen molar-refractivity contribution in [2.75, 3.05) is 6.61 Å². The SMILES string of the molecule is CC(C)[Si](O[Si](OC1C(O)[C@H](n2cnc3c(Cl)ncnc32)O[C@@H]1CO)(C(C)C)C(C)C)C(C)C. The largest absolute Gasteiger partial charge is 0.435 e. The van der Waals surface area contributed by atoms with Crippen LogP contribution in [0.3, 0.4) is 0 Å². The van der Waals surface area contributed by atoms with E-state index in [-0.39, 0.29) is 22.8 Å². The maximum Gasteiger partial charge on any atom is 0.333 e. The van der Waals surface area contributed by atoms with Crippen LogP contribution in [0.1, 0.15) is 61.6 Å². The fourth-order valence-corrected chi connectivity index (χ4v) is 14.3. The number of aliphatic hydroxyl groups is 2. The summed E-state index contributed by atoms with van der Waals surface area (Å²) < 4.78 is 21.6. The van der Waals surface area contributed by atoms with Crippen LogP contribution in [-0.2, 0) is 13.3 Å². The number of hydrogen-bond donors (Lipinski definition) is 2. The molecule has 2 N–H and O–H groups in total. The molecule has 1 fully saturated rings. The Morgan fingerprint density at radius 2 is 1.71 bits per heavy atom. The van der Waals surface area contributed by atoms with E-state index in [4.69, 9.17) is 24.9 Å². The molecule has 0 aliphatic carbocycles. The summed E-state index contributed by atoms with van der Waals surface area (Å²) in [6.45, 7) is 17.0. The van der Waals surface area contributed by atoms with Crippen LogP contribution >= 0.6 is 11.6 Å². The first-order chi connectivity index (χ1) is 15.9. The van der Waals surface area contributed by atoms with E-state index >= 15 is 0 Å². The van der Waals surface area contributed by atoms with Crippen molar-refractivity contribution in [1.29, 1.82) is 0 Å². The van der Waals surface area contributed by atoms with E-state index in [0.29, 0.717) is 22.2 Å². The maximum absolute atomic E-state index is 11.4. The minimum absolute atomic E-state index is 0.135. The molecule has 0 amide bonds. The summed E-state index contributed by atoms with van der Waals surface area (Å²) in [5.41, 5.74) is 1.95. The number of fused-ring (bicyclic) bond motifs is 1. The number of rotatable bonds is 10. The van der Waals surface area contributed by atoms with E-state index in [1.165, 1.54) is 12.7 Å². The first kappa shape index (κ1) is 27.7. The Morgan fingerprint density at radius 3 is 2.24 bits per heavy atom. The highest BCUT2D eigenvalue weighted by Gasteiger charge is 2.55. The van der Waals surface area contributed by atoms with Crippen LogP contribution in [0, 0.1) is 0 Å². The van der Waals surface area contributed by atoms with Crippen molar-refractivity contribution in [1.82, 2.24) is 19.5 Å². The van der Waals surface area contributed by atoms with Gasteiger partial charge in [-0.05, 0) is 22.2 Å². The Morgan fingerprint density at radius 1 is 1.09 bits per heavy atom. The molecule has 12 heteroatoms. The minimum Gasteiger partial charge on any atom is -0.435 e. The predicted octanol–water partition coefficient (Wildman–Crippen LogP) is 4.21. The number of ether oxygens (including phenoxy) is 1. The number of nitrogens with zero attached hydrogens (tertiary/aromatic N) is 4. The van der Waals surface area contributed by atoms with Crippen molar-refractivity contribution >= 4 is 40.4 Å². The summed E-state index contributed by atoms with van der Waals surface area (Å²) in [5, 5.41) is 21.8. The van der Waals surface area contributed by atoms with Crippen molar-refractivity contribution < 1.29 is 23.5 Å². The second-order valence-corrected chi connectivity index (χ2v) is 18.4. The molecule has 0 bridgehead atoms. The molecular formula is C22H38ClN4O5Si2. The lowest BCUT2D eigenvalue weighted by atomic mass is 10.1. The highest BCUT2D eigenvalue weighted by atomic mass is 35.5. The monoisotopic (exact) mass is 529 g/mol. The van der Waals surface area contributed by atoms with E-state index in [1.807, 2.05) is 0 Å². The van der Waals surface area contributed by atoms with Crippen LogP contribution in [0.5, 0.6) is 0 Å². The first-order valence-electron chi connectivity index (χ1n) is 12.0. The van der Waals surface area contributed by atoms with Gasteiger partial charge >= 0.3 is 8.56 Å². The Labute approximate surface area is 209 Å². The third-order valence-electron chi connectivity index (χ3n) is 6.42. The number of hydrogen-bond acceptors (Lipinski definition) is 8. The molecule has 1 saturated heterocycles. The molecule has 1 aliphatic rings. The van der Waals surface area contributed by atoms with E-state index in [0.717, 1.165) is 0 Å². The normalized spacial score (nSPS) is 24.1. The van der Waals surface area contributed by atoms with Gasteiger partial charge in [0.05, 0.1) is 12.9 Å². The van der Waals surface area contributed by atoms with Crippen LogP contribution in [0.15, 0.2) is 12.7 Å². The fourth-order valence-electron chi connectivity index (χ4n) is 4.75. The summed E-state index contributed by atoms with van der Waals surface area (Å²) in [7, 11) is -4.05. The standard InChI is InChI=1S/C22H38ClN4O5Si2/c1-12(2)33(13(3)4)32-34(14(5)6,15(7)8)31-19-16(9-28)30-22(18(19)29)27-11-26-17-20(23)24-10-25-21(17)27/h10-16,18-19,22,28-29H,9H2,1-8H3/t16-,18?,19?,22-/m1/s1. The van der Waals surface area contributed by atoms with Gasteiger partial charge in [0, 0.05) is 0 Å². The molecule has 34 heavy (non-hydrogen) atoms. The summed E-state index contributed by atoms with van der Waals surface area (Å²) in [6.07, 6.45) is -0.540. The third kappa shape index (κ3) is 5.12. The number of aromatic nitrogens is 4. The molecule has 1 aliphatic heterocycles. The molecule has 1 radical (unpaired) electrons. The summed E-state index contributed by atoms with van der Waals surface area (Å²) in [4.78, 5) is 12.5. The second kappa shape index (κ2) is 11.0. The molecule has 9 nitrogen and oxygen atoms in total. The lowest BCUT2D eigenvalue weighted by Gasteiger charge is -2.44. The third-order valence-corrected chi connectivity index (χ3v) is 15.1. The topological polar surface area (TPSA) is 112 Å². The van der Waals surface area contributed by atoms with Gasteiger partial charge in [-0.1, -0.05) is 67.0 Å². The number of aliphatic hydroxyl groups excluding tert-OH is 2. The Bertz CT molecular complexity index is 945. The Balaban J connectivity index is 1.97. The smallest absolute Gasteiger partial charge is 0.333 e. The average Bonchev–Trinajstić information content (AvgIpc) is 3.31. The molecule has 3 rings (SSSR count). The zero-order valence-corrected chi connectivity index (χ0v) is 24.0. The molecule has 3 heterocycles. The fraction of sp³-hybridized carbons (Fsp3) is 0.773. The van der Waals surface area contributed by atoms with Crippen LogP contribution in [0.25, 0.3) is 11.2 Å². The van der Waals surface area contributed by atoms with Crippen LogP contribution in [-0.4, -0.2) is 72.3 Å². The minimum atomic E-state index is -2.86. The van der Waals surface area contributed by atoms with Gasteiger partial charge < -0.3 is 23.5 Å². The number of imidazole rings is 1. The maximum atomic E-state index is 11.4. The van der Waals surface area contributed by atoms with E-state index in [2.05, 4.69) is 70.3 Å². The van der Waals surface area contributed by atoms with Crippen LogP contribution in [0.2, 0.25) is 27.3 Å². The van der Waals surface area contributed by atoms with Gasteiger partial charge in [0.2, 0.25) is 9.04 Å². The van der Waals surface area contributed by atoms with Crippen molar-refractivity contribution in [2.45, 2.75) is 102 Å².